The van der Waals surface area contributed by atoms with Gasteiger partial charge in [0.05, 0.1) is 12.8 Å². The highest BCUT2D eigenvalue weighted by molar-refractivity contribution is 6.12. The smallest absolute Gasteiger partial charge is 0.146 e. The summed E-state index contributed by atoms with van der Waals surface area (Å²) >= 11 is 0. The van der Waals surface area contributed by atoms with Crippen molar-refractivity contribution in [1.82, 2.24) is 4.98 Å². The SMILES string of the molecule is CCCCCc1cc(/C=C2/N=C(c3ccccc3)C=C2OC)[nH]c1C. The van der Waals surface area contributed by atoms with Crippen molar-refractivity contribution in [2.75, 3.05) is 7.11 Å². The fraction of sp³-hybridized carbons (Fsp3) is 0.318. The maximum Gasteiger partial charge on any atom is 0.146 e. The summed E-state index contributed by atoms with van der Waals surface area (Å²) in [4.78, 5) is 8.23. The van der Waals surface area contributed by atoms with E-state index in [1.54, 1.807) is 7.11 Å². The van der Waals surface area contributed by atoms with Gasteiger partial charge in [-0.2, -0.15) is 0 Å². The first-order chi connectivity index (χ1) is 12.2. The number of aromatic nitrogens is 1. The molecule has 1 aliphatic heterocycles. The lowest BCUT2D eigenvalue weighted by molar-refractivity contribution is 0.303. The number of unbranched alkanes of at least 4 members (excludes halogenated alkanes) is 2. The lowest BCUT2D eigenvalue weighted by Crippen LogP contribution is -1.92. The van der Waals surface area contributed by atoms with E-state index in [1.165, 1.54) is 30.5 Å². The van der Waals surface area contributed by atoms with Crippen LogP contribution in [0.4, 0.5) is 0 Å². The predicted molar refractivity (Wildman–Crippen MR) is 105 cm³/mol. The van der Waals surface area contributed by atoms with Crippen molar-refractivity contribution in [1.29, 1.82) is 0 Å². The van der Waals surface area contributed by atoms with Crippen molar-refractivity contribution in [2.24, 2.45) is 4.99 Å². The summed E-state index contributed by atoms with van der Waals surface area (Å²) in [6.45, 7) is 4.38. The van der Waals surface area contributed by atoms with E-state index in [1.807, 2.05) is 24.3 Å². The zero-order chi connectivity index (χ0) is 17.6. The average molecular weight is 334 g/mol. The Balaban J connectivity index is 1.84. The van der Waals surface area contributed by atoms with Crippen LogP contribution in [0.5, 0.6) is 0 Å². The average Bonchev–Trinajstić information content (AvgIpc) is 3.19. The molecule has 1 aromatic carbocycles. The molecule has 0 atom stereocenters. The Bertz CT molecular complexity index is 810. The molecule has 0 spiro atoms. The van der Waals surface area contributed by atoms with Crippen LogP contribution >= 0.6 is 0 Å². The van der Waals surface area contributed by atoms with E-state index in [9.17, 15) is 0 Å². The minimum Gasteiger partial charge on any atom is -0.494 e. The number of hydrogen-bond donors (Lipinski definition) is 1. The lowest BCUT2D eigenvalue weighted by Gasteiger charge is -2.00. The highest BCUT2D eigenvalue weighted by atomic mass is 16.5. The molecule has 0 radical (unpaired) electrons. The topological polar surface area (TPSA) is 37.4 Å². The van der Waals surface area contributed by atoms with Crippen LogP contribution < -0.4 is 0 Å². The van der Waals surface area contributed by atoms with Crippen molar-refractivity contribution in [3.63, 3.8) is 0 Å². The number of methoxy groups -OCH3 is 1. The maximum absolute atomic E-state index is 5.53. The highest BCUT2D eigenvalue weighted by Crippen LogP contribution is 2.25. The Labute approximate surface area is 150 Å². The van der Waals surface area contributed by atoms with Crippen molar-refractivity contribution in [3.8, 4) is 0 Å². The third kappa shape index (κ3) is 4.11. The standard InChI is InChI=1S/C22H26N2O/c1-4-5-7-12-18-13-19(23-16(18)2)14-21-22(25-3)15-20(24-21)17-10-8-6-9-11-17/h6,8-11,13-15,23H,4-5,7,12H2,1-3H3/b21-14+. The molecule has 0 bridgehead atoms. The molecule has 3 rings (SSSR count). The van der Waals surface area contributed by atoms with E-state index < -0.39 is 0 Å². The molecule has 2 aromatic rings. The number of allylic oxidation sites excluding steroid dienone is 1. The van der Waals surface area contributed by atoms with Gasteiger partial charge in [-0.15, -0.1) is 0 Å². The quantitative estimate of drug-likeness (QED) is 0.674. The zero-order valence-corrected chi connectivity index (χ0v) is 15.3. The summed E-state index contributed by atoms with van der Waals surface area (Å²) < 4.78 is 5.53. The number of aromatic amines is 1. The van der Waals surface area contributed by atoms with Crippen LogP contribution in [-0.2, 0) is 11.2 Å². The number of nitrogens with zero attached hydrogens (tertiary/aromatic N) is 1. The first-order valence-electron chi connectivity index (χ1n) is 9.01. The van der Waals surface area contributed by atoms with Gasteiger partial charge < -0.3 is 9.72 Å². The van der Waals surface area contributed by atoms with Gasteiger partial charge in [-0.3, -0.25) is 0 Å². The second-order valence-corrected chi connectivity index (χ2v) is 6.44. The number of aryl methyl sites for hydroxylation is 2. The van der Waals surface area contributed by atoms with E-state index in [4.69, 9.17) is 9.73 Å². The Morgan fingerprint density at radius 3 is 2.68 bits per heavy atom. The summed E-state index contributed by atoms with van der Waals surface area (Å²) in [5.74, 6) is 0.804. The van der Waals surface area contributed by atoms with Gasteiger partial charge in [-0.25, -0.2) is 4.99 Å². The highest BCUT2D eigenvalue weighted by Gasteiger charge is 2.16. The Hall–Kier alpha value is -2.55. The molecule has 0 saturated heterocycles. The van der Waals surface area contributed by atoms with Crippen LogP contribution in [0.3, 0.4) is 0 Å². The molecular formula is C22H26N2O. The van der Waals surface area contributed by atoms with Crippen LogP contribution in [0, 0.1) is 6.92 Å². The van der Waals surface area contributed by atoms with Gasteiger partial charge >= 0.3 is 0 Å². The van der Waals surface area contributed by atoms with Gasteiger partial charge in [-0.1, -0.05) is 50.1 Å². The molecule has 130 valence electrons. The van der Waals surface area contributed by atoms with E-state index in [0.29, 0.717) is 0 Å². The van der Waals surface area contributed by atoms with Gasteiger partial charge in [0.2, 0.25) is 0 Å². The van der Waals surface area contributed by atoms with Gasteiger partial charge in [0.15, 0.2) is 0 Å². The number of benzene rings is 1. The molecule has 2 heterocycles. The number of ether oxygens (including phenoxy) is 1. The third-order valence-electron chi connectivity index (χ3n) is 4.54. The largest absolute Gasteiger partial charge is 0.494 e. The molecule has 1 aromatic heterocycles. The van der Waals surface area contributed by atoms with Crippen LogP contribution in [-0.4, -0.2) is 17.8 Å². The maximum atomic E-state index is 5.53. The summed E-state index contributed by atoms with van der Waals surface area (Å²) in [5.41, 5.74) is 6.63. The second kappa shape index (κ2) is 8.02. The van der Waals surface area contributed by atoms with E-state index in [-0.39, 0.29) is 0 Å². The van der Waals surface area contributed by atoms with Crippen LogP contribution in [0.15, 0.2) is 58.9 Å². The molecule has 1 aliphatic rings. The molecule has 3 heteroatoms. The molecule has 25 heavy (non-hydrogen) atoms. The molecule has 0 amide bonds. The van der Waals surface area contributed by atoms with Gasteiger partial charge in [0.1, 0.15) is 11.5 Å². The third-order valence-corrected chi connectivity index (χ3v) is 4.54. The van der Waals surface area contributed by atoms with Crippen molar-refractivity contribution in [2.45, 2.75) is 39.5 Å². The summed E-state index contributed by atoms with van der Waals surface area (Å²) in [6.07, 6.45) is 8.97. The first kappa shape index (κ1) is 17.3. The number of nitrogens with one attached hydrogen (secondary N) is 1. The summed E-state index contributed by atoms with van der Waals surface area (Å²) in [5, 5.41) is 0. The second-order valence-electron chi connectivity index (χ2n) is 6.44. The van der Waals surface area contributed by atoms with Crippen LogP contribution in [0.2, 0.25) is 0 Å². The fourth-order valence-electron chi connectivity index (χ4n) is 3.12. The molecule has 0 unspecified atom stereocenters. The van der Waals surface area contributed by atoms with E-state index in [2.05, 4.69) is 43.1 Å². The van der Waals surface area contributed by atoms with Gasteiger partial charge in [0, 0.05) is 23.0 Å². The van der Waals surface area contributed by atoms with Crippen LogP contribution in [0.25, 0.3) is 6.08 Å². The minimum atomic E-state index is 0.804. The molecule has 3 nitrogen and oxygen atoms in total. The Morgan fingerprint density at radius 1 is 1.16 bits per heavy atom. The van der Waals surface area contributed by atoms with Crippen molar-refractivity contribution in [3.05, 3.63) is 76.4 Å². The molecule has 1 N–H and O–H groups in total. The van der Waals surface area contributed by atoms with Crippen LogP contribution in [0.1, 0.15) is 48.7 Å². The number of aliphatic imine (C=N–C) groups is 1. The molecular weight excluding hydrogens is 308 g/mol. The normalized spacial score (nSPS) is 15.4. The lowest BCUT2D eigenvalue weighted by atomic mass is 10.1. The summed E-state index contributed by atoms with van der Waals surface area (Å²) in [7, 11) is 1.69. The molecule has 0 fully saturated rings. The molecule has 0 aliphatic carbocycles. The number of rotatable bonds is 7. The number of H-pyrrole nitrogens is 1. The number of hydrogen-bond acceptors (Lipinski definition) is 2. The van der Waals surface area contributed by atoms with E-state index >= 15 is 0 Å². The Morgan fingerprint density at radius 2 is 1.96 bits per heavy atom. The fourth-order valence-corrected chi connectivity index (χ4v) is 3.12. The summed E-state index contributed by atoms with van der Waals surface area (Å²) in [6, 6.07) is 12.4. The minimum absolute atomic E-state index is 0.804. The Kier molecular flexibility index (Phi) is 5.54. The van der Waals surface area contributed by atoms with Gasteiger partial charge in [0.25, 0.3) is 0 Å². The zero-order valence-electron chi connectivity index (χ0n) is 15.3. The predicted octanol–water partition coefficient (Wildman–Crippen LogP) is 5.43. The van der Waals surface area contributed by atoms with Gasteiger partial charge in [-0.05, 0) is 37.5 Å². The first-order valence-corrected chi connectivity index (χ1v) is 9.01. The monoisotopic (exact) mass is 334 g/mol. The molecule has 0 saturated carbocycles. The van der Waals surface area contributed by atoms with E-state index in [0.717, 1.165) is 34.8 Å². The van der Waals surface area contributed by atoms with Crippen molar-refractivity contribution < 1.29 is 4.74 Å². The van der Waals surface area contributed by atoms with Crippen molar-refractivity contribution >= 4 is 11.8 Å².